The fraction of sp³-hybridized carbons (Fsp3) is 0.412. The van der Waals surface area contributed by atoms with Crippen molar-refractivity contribution in [1.82, 2.24) is 20.1 Å². The molecule has 2 aromatic rings. The SMILES string of the molecule is COc1ccc(OCc2nnc(S[C@@H](C(=O)NC(N)=O)C(C)C)n2C)cc1. The van der Waals surface area contributed by atoms with Crippen molar-refractivity contribution in [2.75, 3.05) is 7.11 Å². The van der Waals surface area contributed by atoms with Gasteiger partial charge in [0.2, 0.25) is 5.91 Å². The van der Waals surface area contributed by atoms with Gasteiger partial charge in [0, 0.05) is 7.05 Å². The highest BCUT2D eigenvalue weighted by molar-refractivity contribution is 8.00. The zero-order chi connectivity index (χ0) is 20.0. The Hall–Kier alpha value is -2.75. The number of imide groups is 1. The van der Waals surface area contributed by atoms with Crippen molar-refractivity contribution >= 4 is 23.7 Å². The number of benzene rings is 1. The van der Waals surface area contributed by atoms with E-state index in [0.29, 0.717) is 16.7 Å². The summed E-state index contributed by atoms with van der Waals surface area (Å²) in [5.41, 5.74) is 5.03. The standard InChI is InChI=1S/C17H23N5O4S/c1-10(2)14(15(23)19-16(18)24)27-17-21-20-13(22(17)3)9-26-12-7-5-11(25-4)6-8-12/h5-8,10,14H,9H2,1-4H3,(H3,18,19,23,24)/t14-/m1/s1. The lowest BCUT2D eigenvalue weighted by Gasteiger charge is -2.18. The number of aromatic nitrogens is 3. The van der Waals surface area contributed by atoms with E-state index in [9.17, 15) is 9.59 Å². The van der Waals surface area contributed by atoms with E-state index in [4.69, 9.17) is 15.2 Å². The summed E-state index contributed by atoms with van der Waals surface area (Å²) in [4.78, 5) is 23.1. The minimum absolute atomic E-state index is 0.0370. The van der Waals surface area contributed by atoms with Crippen LogP contribution in [0.1, 0.15) is 19.7 Å². The van der Waals surface area contributed by atoms with Crippen LogP contribution >= 0.6 is 11.8 Å². The number of methoxy groups -OCH3 is 1. The number of rotatable bonds is 8. The number of nitrogens with two attached hydrogens (primary N) is 1. The average Bonchev–Trinajstić information content (AvgIpc) is 2.97. The molecule has 0 fully saturated rings. The van der Waals surface area contributed by atoms with Gasteiger partial charge < -0.3 is 19.8 Å². The summed E-state index contributed by atoms with van der Waals surface area (Å²) in [5.74, 6) is 1.53. The molecule has 0 bridgehead atoms. The molecule has 10 heteroatoms. The summed E-state index contributed by atoms with van der Waals surface area (Å²) in [7, 11) is 3.39. The second-order valence-corrected chi connectivity index (χ2v) is 7.17. The van der Waals surface area contributed by atoms with Gasteiger partial charge >= 0.3 is 6.03 Å². The molecule has 146 valence electrons. The summed E-state index contributed by atoms with van der Waals surface area (Å²) in [6, 6.07) is 6.33. The lowest BCUT2D eigenvalue weighted by atomic mass is 10.1. The molecule has 0 radical (unpaired) electrons. The maximum absolute atomic E-state index is 12.2. The van der Waals surface area contributed by atoms with Crippen LogP contribution in [-0.4, -0.2) is 39.1 Å². The van der Waals surface area contributed by atoms with Crippen LogP contribution in [0.5, 0.6) is 11.5 Å². The molecule has 3 amide bonds. The monoisotopic (exact) mass is 393 g/mol. The highest BCUT2D eigenvalue weighted by atomic mass is 32.2. The fourth-order valence-electron chi connectivity index (χ4n) is 2.19. The van der Waals surface area contributed by atoms with Gasteiger partial charge in [0.1, 0.15) is 18.1 Å². The highest BCUT2D eigenvalue weighted by Crippen LogP contribution is 2.27. The van der Waals surface area contributed by atoms with Crippen molar-refractivity contribution in [2.45, 2.75) is 30.9 Å². The number of carbonyl (C=O) groups is 2. The third-order valence-corrected chi connectivity index (χ3v) is 5.27. The molecule has 1 heterocycles. The van der Waals surface area contributed by atoms with Gasteiger partial charge in [-0.15, -0.1) is 10.2 Å². The molecular formula is C17H23N5O4S. The molecule has 0 spiro atoms. The van der Waals surface area contributed by atoms with E-state index < -0.39 is 17.2 Å². The number of primary amides is 1. The van der Waals surface area contributed by atoms with Gasteiger partial charge in [-0.1, -0.05) is 25.6 Å². The summed E-state index contributed by atoms with van der Waals surface area (Å²) in [6.07, 6.45) is 0. The van der Waals surface area contributed by atoms with Crippen LogP contribution in [-0.2, 0) is 18.4 Å². The molecule has 0 saturated carbocycles. The predicted molar refractivity (Wildman–Crippen MR) is 101 cm³/mol. The van der Waals surface area contributed by atoms with Gasteiger partial charge in [0.15, 0.2) is 11.0 Å². The maximum Gasteiger partial charge on any atom is 0.318 e. The molecule has 3 N–H and O–H groups in total. The van der Waals surface area contributed by atoms with E-state index in [1.807, 2.05) is 13.8 Å². The number of ether oxygens (including phenoxy) is 2. The van der Waals surface area contributed by atoms with E-state index in [-0.39, 0.29) is 12.5 Å². The van der Waals surface area contributed by atoms with Crippen molar-refractivity contribution in [3.05, 3.63) is 30.1 Å². The quantitative estimate of drug-likeness (QED) is 0.655. The van der Waals surface area contributed by atoms with Crippen LogP contribution in [0.4, 0.5) is 4.79 Å². The third-order valence-electron chi connectivity index (χ3n) is 3.70. The molecule has 1 atom stereocenters. The Kier molecular flexibility index (Phi) is 7.05. The first-order valence-electron chi connectivity index (χ1n) is 8.24. The van der Waals surface area contributed by atoms with E-state index in [0.717, 1.165) is 5.75 Å². The van der Waals surface area contributed by atoms with Crippen molar-refractivity contribution in [3.8, 4) is 11.5 Å². The Bertz CT molecular complexity index is 791. The molecular weight excluding hydrogens is 370 g/mol. The Morgan fingerprint density at radius 1 is 1.22 bits per heavy atom. The molecule has 1 aromatic heterocycles. The third kappa shape index (κ3) is 5.61. The summed E-state index contributed by atoms with van der Waals surface area (Å²) < 4.78 is 12.6. The number of nitrogens with zero attached hydrogens (tertiary/aromatic N) is 3. The Labute approximate surface area is 161 Å². The van der Waals surface area contributed by atoms with Gasteiger partial charge in [0.25, 0.3) is 0 Å². The second-order valence-electron chi connectivity index (χ2n) is 6.06. The topological polar surface area (TPSA) is 121 Å². The van der Waals surface area contributed by atoms with Crippen molar-refractivity contribution in [3.63, 3.8) is 0 Å². The lowest BCUT2D eigenvalue weighted by Crippen LogP contribution is -2.42. The minimum Gasteiger partial charge on any atom is -0.497 e. The van der Waals surface area contributed by atoms with Crippen molar-refractivity contribution in [1.29, 1.82) is 0 Å². The number of hydrogen-bond acceptors (Lipinski definition) is 7. The van der Waals surface area contributed by atoms with Crippen LogP contribution in [0, 0.1) is 5.92 Å². The Morgan fingerprint density at radius 2 is 1.85 bits per heavy atom. The predicted octanol–water partition coefficient (Wildman–Crippen LogP) is 1.71. The summed E-state index contributed by atoms with van der Waals surface area (Å²) in [6.45, 7) is 3.97. The van der Waals surface area contributed by atoms with Crippen LogP contribution in [0.15, 0.2) is 29.4 Å². The largest absolute Gasteiger partial charge is 0.497 e. The van der Waals surface area contributed by atoms with Gasteiger partial charge in [-0.3, -0.25) is 10.1 Å². The average molecular weight is 393 g/mol. The molecule has 1 aromatic carbocycles. The summed E-state index contributed by atoms with van der Waals surface area (Å²) in [5, 5.41) is 10.4. The minimum atomic E-state index is -0.877. The second kappa shape index (κ2) is 9.26. The Balaban J connectivity index is 2.04. The van der Waals surface area contributed by atoms with Crippen LogP contribution in [0.2, 0.25) is 0 Å². The van der Waals surface area contributed by atoms with Gasteiger partial charge in [0.05, 0.1) is 12.4 Å². The molecule has 0 aliphatic carbocycles. The number of nitrogens with one attached hydrogen (secondary N) is 1. The van der Waals surface area contributed by atoms with Crippen molar-refractivity contribution < 1.29 is 19.1 Å². The van der Waals surface area contributed by atoms with Gasteiger partial charge in [-0.25, -0.2) is 4.79 Å². The number of hydrogen-bond donors (Lipinski definition) is 2. The molecule has 0 saturated heterocycles. The molecule has 2 rings (SSSR count). The van der Waals surface area contributed by atoms with Gasteiger partial charge in [-0.05, 0) is 30.2 Å². The zero-order valence-electron chi connectivity index (χ0n) is 15.6. The van der Waals surface area contributed by atoms with Gasteiger partial charge in [-0.2, -0.15) is 0 Å². The Morgan fingerprint density at radius 3 is 2.41 bits per heavy atom. The van der Waals surface area contributed by atoms with Crippen molar-refractivity contribution in [2.24, 2.45) is 18.7 Å². The highest BCUT2D eigenvalue weighted by Gasteiger charge is 2.27. The van der Waals surface area contributed by atoms with E-state index in [1.54, 1.807) is 43.0 Å². The first-order chi connectivity index (χ1) is 12.8. The van der Waals surface area contributed by atoms with E-state index in [2.05, 4.69) is 15.5 Å². The lowest BCUT2D eigenvalue weighted by molar-refractivity contribution is -0.120. The van der Waals surface area contributed by atoms with Crippen LogP contribution in [0.25, 0.3) is 0 Å². The number of thioether (sulfide) groups is 1. The molecule has 0 unspecified atom stereocenters. The first-order valence-corrected chi connectivity index (χ1v) is 9.11. The van der Waals surface area contributed by atoms with E-state index >= 15 is 0 Å². The molecule has 0 aliphatic rings. The normalized spacial score (nSPS) is 11.9. The van der Waals surface area contributed by atoms with Crippen LogP contribution < -0.4 is 20.5 Å². The fourth-order valence-corrected chi connectivity index (χ4v) is 3.21. The first kappa shape index (κ1) is 20.6. The number of carbonyl (C=O) groups excluding carboxylic acids is 2. The van der Waals surface area contributed by atoms with Crippen LogP contribution in [0.3, 0.4) is 0 Å². The maximum atomic E-state index is 12.2. The smallest absolute Gasteiger partial charge is 0.318 e. The zero-order valence-corrected chi connectivity index (χ0v) is 16.4. The number of amides is 3. The summed E-state index contributed by atoms with van der Waals surface area (Å²) >= 11 is 1.22. The molecule has 27 heavy (non-hydrogen) atoms. The number of urea groups is 1. The van der Waals surface area contributed by atoms with E-state index in [1.165, 1.54) is 11.8 Å². The molecule has 9 nitrogen and oxygen atoms in total. The molecule has 0 aliphatic heterocycles.